The molecule has 5 heteroatoms. The third-order valence-electron chi connectivity index (χ3n) is 5.11. The van der Waals surface area contributed by atoms with Crippen LogP contribution in [-0.2, 0) is 17.8 Å². The van der Waals surface area contributed by atoms with Crippen LogP contribution in [0.1, 0.15) is 35.6 Å². The Balaban J connectivity index is 1.66. The minimum atomic E-state index is -0.359. The van der Waals surface area contributed by atoms with Gasteiger partial charge in [-0.15, -0.1) is 0 Å². The molecule has 0 saturated carbocycles. The topological polar surface area (TPSA) is 59.8 Å². The average molecular weight is 393 g/mol. The molecular formula is C24H27NO4. The van der Waals surface area contributed by atoms with Gasteiger partial charge in [0.15, 0.2) is 0 Å². The third kappa shape index (κ3) is 4.86. The maximum Gasteiger partial charge on any atom is 0.339 e. The fourth-order valence-corrected chi connectivity index (χ4v) is 3.43. The van der Waals surface area contributed by atoms with Crippen LogP contribution in [0.25, 0.3) is 11.0 Å². The Morgan fingerprint density at radius 3 is 2.52 bits per heavy atom. The molecule has 0 bridgehead atoms. The molecule has 0 unspecified atom stereocenters. The third-order valence-corrected chi connectivity index (χ3v) is 5.11. The molecule has 0 radical (unpaired) electrons. The summed E-state index contributed by atoms with van der Waals surface area (Å²) in [6, 6.07) is 13.5. The molecule has 0 N–H and O–H groups in total. The van der Waals surface area contributed by atoms with Crippen LogP contribution in [0.3, 0.4) is 0 Å². The molecule has 1 amide bonds. The van der Waals surface area contributed by atoms with Gasteiger partial charge in [-0.1, -0.05) is 24.3 Å². The predicted molar refractivity (Wildman–Crippen MR) is 114 cm³/mol. The summed E-state index contributed by atoms with van der Waals surface area (Å²) < 4.78 is 10.9. The number of fused-ring (bicyclic) bond motifs is 1. The molecule has 0 spiro atoms. The molecule has 0 saturated heterocycles. The number of carbonyl (C=O) groups is 1. The van der Waals surface area contributed by atoms with E-state index in [1.807, 2.05) is 63.2 Å². The predicted octanol–water partition coefficient (Wildman–Crippen LogP) is 4.40. The quantitative estimate of drug-likeness (QED) is 0.558. The van der Waals surface area contributed by atoms with E-state index in [9.17, 15) is 9.59 Å². The molecule has 152 valence electrons. The number of benzene rings is 2. The summed E-state index contributed by atoms with van der Waals surface area (Å²) in [6.07, 6.45) is 0.626. The Hall–Kier alpha value is -3.08. The number of carbonyl (C=O) groups excluding carboxylic acids is 1. The number of hydrogen-bond donors (Lipinski definition) is 0. The minimum Gasteiger partial charge on any atom is -0.494 e. The molecule has 1 heterocycles. The zero-order chi connectivity index (χ0) is 21.0. The van der Waals surface area contributed by atoms with Gasteiger partial charge in [-0.3, -0.25) is 4.79 Å². The van der Waals surface area contributed by atoms with Gasteiger partial charge in [0.2, 0.25) is 5.91 Å². The van der Waals surface area contributed by atoms with Gasteiger partial charge in [0.25, 0.3) is 0 Å². The fourth-order valence-electron chi connectivity index (χ4n) is 3.43. The highest BCUT2D eigenvalue weighted by atomic mass is 16.5. The van der Waals surface area contributed by atoms with Gasteiger partial charge < -0.3 is 14.1 Å². The summed E-state index contributed by atoms with van der Waals surface area (Å²) >= 11 is 0. The van der Waals surface area contributed by atoms with Crippen molar-refractivity contribution in [1.82, 2.24) is 4.90 Å². The lowest BCUT2D eigenvalue weighted by molar-refractivity contribution is -0.130. The van der Waals surface area contributed by atoms with Crippen LogP contribution in [0.2, 0.25) is 0 Å². The second-order valence-electron chi connectivity index (χ2n) is 7.32. The standard InChI is InChI=1S/C24H27NO4/c1-5-28-19-9-7-18(8-10-19)15-25(4)23(26)13-12-21-17(3)20-11-6-16(2)14-22(20)29-24(21)27/h6-11,14H,5,12-13,15H2,1-4H3. The van der Waals surface area contributed by atoms with Gasteiger partial charge in [0.05, 0.1) is 6.61 Å². The zero-order valence-corrected chi connectivity index (χ0v) is 17.5. The second kappa shape index (κ2) is 8.95. The maximum absolute atomic E-state index is 12.6. The van der Waals surface area contributed by atoms with E-state index in [1.54, 1.807) is 11.9 Å². The van der Waals surface area contributed by atoms with E-state index in [2.05, 4.69) is 0 Å². The van der Waals surface area contributed by atoms with E-state index in [1.165, 1.54) is 0 Å². The normalized spacial score (nSPS) is 10.9. The van der Waals surface area contributed by atoms with E-state index in [0.29, 0.717) is 30.7 Å². The molecule has 0 atom stereocenters. The van der Waals surface area contributed by atoms with Crippen molar-refractivity contribution in [2.45, 2.75) is 40.2 Å². The lowest BCUT2D eigenvalue weighted by atomic mass is 10.0. The molecule has 0 aliphatic heterocycles. The summed E-state index contributed by atoms with van der Waals surface area (Å²) in [7, 11) is 1.78. The van der Waals surface area contributed by atoms with Crippen molar-refractivity contribution >= 4 is 16.9 Å². The number of hydrogen-bond acceptors (Lipinski definition) is 4. The van der Waals surface area contributed by atoms with Crippen molar-refractivity contribution in [2.75, 3.05) is 13.7 Å². The van der Waals surface area contributed by atoms with Crippen LogP contribution in [0.5, 0.6) is 5.75 Å². The van der Waals surface area contributed by atoms with Crippen LogP contribution in [0.15, 0.2) is 51.7 Å². The fraction of sp³-hybridized carbons (Fsp3) is 0.333. The lowest BCUT2D eigenvalue weighted by Gasteiger charge is -2.18. The van der Waals surface area contributed by atoms with E-state index in [-0.39, 0.29) is 18.0 Å². The van der Waals surface area contributed by atoms with E-state index in [0.717, 1.165) is 27.8 Å². The Morgan fingerprint density at radius 1 is 1.10 bits per heavy atom. The summed E-state index contributed by atoms with van der Waals surface area (Å²) in [5, 5.41) is 0.917. The molecular weight excluding hydrogens is 366 g/mol. The number of nitrogens with zero attached hydrogens (tertiary/aromatic N) is 1. The van der Waals surface area contributed by atoms with Gasteiger partial charge in [-0.05, 0) is 62.1 Å². The lowest BCUT2D eigenvalue weighted by Crippen LogP contribution is -2.27. The Morgan fingerprint density at radius 2 is 1.83 bits per heavy atom. The number of rotatable bonds is 7. The molecule has 0 fully saturated rings. The van der Waals surface area contributed by atoms with Crippen molar-refractivity contribution in [3.63, 3.8) is 0 Å². The molecule has 0 aliphatic carbocycles. The number of ether oxygens (including phenoxy) is 1. The number of aryl methyl sites for hydroxylation is 2. The highest BCUT2D eigenvalue weighted by molar-refractivity contribution is 5.82. The van der Waals surface area contributed by atoms with Gasteiger partial charge in [0, 0.05) is 31.0 Å². The Kier molecular flexibility index (Phi) is 6.37. The first-order chi connectivity index (χ1) is 13.9. The maximum atomic E-state index is 12.6. The highest BCUT2D eigenvalue weighted by Crippen LogP contribution is 2.21. The molecule has 1 aromatic heterocycles. The first-order valence-electron chi connectivity index (χ1n) is 9.87. The summed E-state index contributed by atoms with van der Waals surface area (Å²) in [6.45, 7) is 6.95. The average Bonchev–Trinajstić information content (AvgIpc) is 2.69. The van der Waals surface area contributed by atoms with Crippen molar-refractivity contribution in [3.05, 3.63) is 75.1 Å². The first-order valence-corrected chi connectivity index (χ1v) is 9.87. The van der Waals surface area contributed by atoms with Crippen LogP contribution >= 0.6 is 0 Å². The van der Waals surface area contributed by atoms with Crippen LogP contribution < -0.4 is 10.4 Å². The van der Waals surface area contributed by atoms with Gasteiger partial charge in [-0.2, -0.15) is 0 Å². The summed E-state index contributed by atoms with van der Waals surface area (Å²) in [4.78, 5) is 26.7. The van der Waals surface area contributed by atoms with E-state index in [4.69, 9.17) is 9.15 Å². The molecule has 2 aromatic carbocycles. The Bertz CT molecular complexity index is 1070. The first kappa shape index (κ1) is 20.6. The van der Waals surface area contributed by atoms with Crippen molar-refractivity contribution in [3.8, 4) is 5.75 Å². The second-order valence-corrected chi connectivity index (χ2v) is 7.32. The van der Waals surface area contributed by atoms with Crippen LogP contribution in [-0.4, -0.2) is 24.5 Å². The van der Waals surface area contributed by atoms with Gasteiger partial charge in [0.1, 0.15) is 11.3 Å². The van der Waals surface area contributed by atoms with E-state index >= 15 is 0 Å². The van der Waals surface area contributed by atoms with Crippen molar-refractivity contribution < 1.29 is 13.9 Å². The minimum absolute atomic E-state index is 0.0123. The molecule has 5 nitrogen and oxygen atoms in total. The SMILES string of the molecule is CCOc1ccc(CN(C)C(=O)CCc2c(C)c3ccc(C)cc3oc2=O)cc1. The summed E-state index contributed by atoms with van der Waals surface area (Å²) in [5.41, 5.74) is 3.76. The monoisotopic (exact) mass is 393 g/mol. The Labute approximate surface area is 170 Å². The van der Waals surface area contributed by atoms with Crippen molar-refractivity contribution in [1.29, 1.82) is 0 Å². The van der Waals surface area contributed by atoms with Gasteiger partial charge in [-0.25, -0.2) is 4.79 Å². The number of amides is 1. The largest absolute Gasteiger partial charge is 0.494 e. The van der Waals surface area contributed by atoms with E-state index < -0.39 is 0 Å². The highest BCUT2D eigenvalue weighted by Gasteiger charge is 2.15. The van der Waals surface area contributed by atoms with Crippen LogP contribution in [0.4, 0.5) is 0 Å². The molecule has 3 rings (SSSR count). The van der Waals surface area contributed by atoms with Crippen molar-refractivity contribution in [2.24, 2.45) is 0 Å². The smallest absolute Gasteiger partial charge is 0.339 e. The summed E-state index contributed by atoms with van der Waals surface area (Å²) in [5.74, 6) is 0.806. The zero-order valence-electron chi connectivity index (χ0n) is 17.5. The molecule has 3 aromatic rings. The van der Waals surface area contributed by atoms with Crippen LogP contribution in [0, 0.1) is 13.8 Å². The molecule has 29 heavy (non-hydrogen) atoms. The van der Waals surface area contributed by atoms with Gasteiger partial charge >= 0.3 is 5.63 Å². The molecule has 0 aliphatic rings.